The third kappa shape index (κ3) is 4.35. The van der Waals surface area contributed by atoms with Crippen molar-refractivity contribution in [2.75, 3.05) is 25.2 Å². The molecular formula is C14H22N2O3S2. The van der Waals surface area contributed by atoms with E-state index in [2.05, 4.69) is 4.72 Å². The molecule has 1 aliphatic rings. The topological polar surface area (TPSA) is 81.4 Å². The molecule has 0 unspecified atom stereocenters. The average molecular weight is 330 g/mol. The van der Waals surface area contributed by atoms with Crippen molar-refractivity contribution in [3.63, 3.8) is 0 Å². The first-order valence-electron chi connectivity index (χ1n) is 7.01. The van der Waals surface area contributed by atoms with E-state index in [1.165, 1.54) is 7.11 Å². The van der Waals surface area contributed by atoms with Crippen LogP contribution in [0.15, 0.2) is 23.1 Å². The molecule has 118 valence electrons. The van der Waals surface area contributed by atoms with Gasteiger partial charge in [0.1, 0.15) is 10.6 Å². The third-order valence-corrected chi connectivity index (χ3v) is 6.15. The van der Waals surface area contributed by atoms with E-state index in [-0.39, 0.29) is 4.90 Å². The molecule has 0 saturated carbocycles. The van der Waals surface area contributed by atoms with Crippen LogP contribution in [0.5, 0.6) is 5.75 Å². The van der Waals surface area contributed by atoms with E-state index in [0.717, 1.165) is 29.9 Å². The molecule has 0 atom stereocenters. The molecule has 2 rings (SSSR count). The van der Waals surface area contributed by atoms with Crippen LogP contribution >= 0.6 is 11.8 Å². The van der Waals surface area contributed by atoms with E-state index < -0.39 is 10.0 Å². The SMILES string of the molecule is COc1ccc(CN)cc1S(=O)(=O)NCC1CCSCC1. The van der Waals surface area contributed by atoms with Crippen molar-refractivity contribution in [1.82, 2.24) is 4.72 Å². The first kappa shape index (κ1) is 16.6. The van der Waals surface area contributed by atoms with Crippen LogP contribution in [-0.2, 0) is 16.6 Å². The van der Waals surface area contributed by atoms with Gasteiger partial charge >= 0.3 is 0 Å². The molecule has 0 aromatic heterocycles. The summed E-state index contributed by atoms with van der Waals surface area (Å²) in [5.41, 5.74) is 6.35. The Kier molecular flexibility index (Phi) is 5.92. The molecule has 0 amide bonds. The van der Waals surface area contributed by atoms with Crippen molar-refractivity contribution in [1.29, 1.82) is 0 Å². The number of nitrogens with two attached hydrogens (primary N) is 1. The van der Waals surface area contributed by atoms with Crippen molar-refractivity contribution in [2.45, 2.75) is 24.3 Å². The lowest BCUT2D eigenvalue weighted by Crippen LogP contribution is -2.31. The van der Waals surface area contributed by atoms with E-state index in [4.69, 9.17) is 10.5 Å². The first-order valence-corrected chi connectivity index (χ1v) is 9.65. The van der Waals surface area contributed by atoms with Gasteiger partial charge < -0.3 is 10.5 Å². The fourth-order valence-corrected chi connectivity index (χ4v) is 4.85. The van der Waals surface area contributed by atoms with Gasteiger partial charge in [-0.25, -0.2) is 13.1 Å². The third-order valence-electron chi connectivity index (χ3n) is 3.66. The Bertz CT molecular complexity index is 570. The van der Waals surface area contributed by atoms with Crippen LogP contribution in [0.25, 0.3) is 0 Å². The zero-order chi connectivity index (χ0) is 15.3. The average Bonchev–Trinajstić information content (AvgIpc) is 2.53. The molecule has 1 aromatic rings. The first-order chi connectivity index (χ1) is 10.1. The second-order valence-corrected chi connectivity index (χ2v) is 8.06. The molecule has 3 N–H and O–H groups in total. The van der Waals surface area contributed by atoms with Crippen molar-refractivity contribution >= 4 is 21.8 Å². The van der Waals surface area contributed by atoms with Gasteiger partial charge in [-0.15, -0.1) is 0 Å². The summed E-state index contributed by atoms with van der Waals surface area (Å²) in [7, 11) is -2.11. The summed E-state index contributed by atoms with van der Waals surface area (Å²) < 4.78 is 32.8. The number of hydrogen-bond acceptors (Lipinski definition) is 5. The van der Waals surface area contributed by atoms with Gasteiger partial charge in [-0.2, -0.15) is 11.8 Å². The van der Waals surface area contributed by atoms with Crippen LogP contribution in [0.4, 0.5) is 0 Å². The molecule has 0 bridgehead atoms. The maximum atomic E-state index is 12.5. The molecular weight excluding hydrogens is 308 g/mol. The Morgan fingerprint density at radius 2 is 2.10 bits per heavy atom. The lowest BCUT2D eigenvalue weighted by Gasteiger charge is -2.21. The Balaban J connectivity index is 2.14. The Morgan fingerprint density at radius 1 is 1.38 bits per heavy atom. The summed E-state index contributed by atoms with van der Waals surface area (Å²) in [4.78, 5) is 0.165. The summed E-state index contributed by atoms with van der Waals surface area (Å²) >= 11 is 1.93. The largest absolute Gasteiger partial charge is 0.495 e. The van der Waals surface area contributed by atoms with Crippen LogP contribution < -0.4 is 15.2 Å². The van der Waals surface area contributed by atoms with Crippen molar-refractivity contribution in [2.24, 2.45) is 11.7 Å². The van der Waals surface area contributed by atoms with Crippen LogP contribution in [0.2, 0.25) is 0 Å². The molecule has 1 aliphatic heterocycles. The van der Waals surface area contributed by atoms with Gasteiger partial charge in [0.2, 0.25) is 10.0 Å². The summed E-state index contributed by atoms with van der Waals surface area (Å²) in [6.07, 6.45) is 2.13. The summed E-state index contributed by atoms with van der Waals surface area (Å²) in [5, 5.41) is 0. The molecule has 21 heavy (non-hydrogen) atoms. The molecule has 7 heteroatoms. The number of methoxy groups -OCH3 is 1. The van der Waals surface area contributed by atoms with Gasteiger partial charge in [0.05, 0.1) is 7.11 Å². The Hall–Kier alpha value is -0.760. The fraction of sp³-hybridized carbons (Fsp3) is 0.571. The number of benzene rings is 1. The molecule has 5 nitrogen and oxygen atoms in total. The number of ether oxygens (including phenoxy) is 1. The Labute approximate surface area is 130 Å². The molecule has 0 radical (unpaired) electrons. The fourth-order valence-electron chi connectivity index (χ4n) is 2.31. The minimum absolute atomic E-state index is 0.165. The minimum atomic E-state index is -3.57. The number of nitrogens with one attached hydrogen (secondary N) is 1. The number of hydrogen-bond donors (Lipinski definition) is 2. The highest BCUT2D eigenvalue weighted by Gasteiger charge is 2.22. The van der Waals surface area contributed by atoms with E-state index in [1.807, 2.05) is 11.8 Å². The smallest absolute Gasteiger partial charge is 0.244 e. The molecule has 0 aliphatic carbocycles. The number of rotatable bonds is 6. The monoisotopic (exact) mass is 330 g/mol. The number of sulfonamides is 1. The highest BCUT2D eigenvalue weighted by molar-refractivity contribution is 7.99. The predicted octanol–water partition coefficient (Wildman–Crippen LogP) is 1.58. The maximum absolute atomic E-state index is 12.5. The zero-order valence-corrected chi connectivity index (χ0v) is 13.8. The maximum Gasteiger partial charge on any atom is 0.244 e. The lowest BCUT2D eigenvalue weighted by atomic mass is 10.0. The van der Waals surface area contributed by atoms with Crippen LogP contribution in [0.1, 0.15) is 18.4 Å². The predicted molar refractivity (Wildman–Crippen MR) is 86.1 cm³/mol. The van der Waals surface area contributed by atoms with Gasteiger partial charge in [-0.3, -0.25) is 0 Å². The molecule has 1 fully saturated rings. The highest BCUT2D eigenvalue weighted by atomic mass is 32.2. The summed E-state index contributed by atoms with van der Waals surface area (Å²) in [6.45, 7) is 0.783. The zero-order valence-electron chi connectivity index (χ0n) is 12.2. The van der Waals surface area contributed by atoms with Crippen LogP contribution in [0.3, 0.4) is 0 Å². The van der Waals surface area contributed by atoms with Gasteiger partial charge in [-0.1, -0.05) is 6.07 Å². The van der Waals surface area contributed by atoms with E-state index in [1.54, 1.807) is 18.2 Å². The van der Waals surface area contributed by atoms with E-state index in [9.17, 15) is 8.42 Å². The highest BCUT2D eigenvalue weighted by Crippen LogP contribution is 2.26. The van der Waals surface area contributed by atoms with Gasteiger partial charge in [0.15, 0.2) is 0 Å². The summed E-state index contributed by atoms with van der Waals surface area (Å²) in [6, 6.07) is 5.00. The van der Waals surface area contributed by atoms with Gasteiger partial charge in [-0.05, 0) is 48.0 Å². The second kappa shape index (κ2) is 7.49. The molecule has 1 saturated heterocycles. The van der Waals surface area contributed by atoms with E-state index in [0.29, 0.717) is 24.8 Å². The van der Waals surface area contributed by atoms with Crippen molar-refractivity contribution in [3.05, 3.63) is 23.8 Å². The quantitative estimate of drug-likeness (QED) is 0.827. The molecule has 1 aromatic carbocycles. The van der Waals surface area contributed by atoms with Gasteiger partial charge in [0.25, 0.3) is 0 Å². The van der Waals surface area contributed by atoms with Crippen molar-refractivity contribution in [3.8, 4) is 5.75 Å². The minimum Gasteiger partial charge on any atom is -0.495 e. The standard InChI is InChI=1S/C14H22N2O3S2/c1-19-13-3-2-12(9-15)8-14(13)21(17,18)16-10-11-4-6-20-7-5-11/h2-3,8,11,16H,4-7,9-10,15H2,1H3. The van der Waals surface area contributed by atoms with Gasteiger partial charge in [0, 0.05) is 13.1 Å². The summed E-state index contributed by atoms with van der Waals surface area (Å²) in [5.74, 6) is 2.99. The molecule has 0 spiro atoms. The van der Waals surface area contributed by atoms with Crippen LogP contribution in [0, 0.1) is 5.92 Å². The van der Waals surface area contributed by atoms with E-state index >= 15 is 0 Å². The normalized spacial score (nSPS) is 16.9. The number of thioether (sulfide) groups is 1. The van der Waals surface area contributed by atoms with Crippen molar-refractivity contribution < 1.29 is 13.2 Å². The molecule has 1 heterocycles. The van der Waals surface area contributed by atoms with Crippen LogP contribution in [-0.4, -0.2) is 33.6 Å². The Morgan fingerprint density at radius 3 is 2.71 bits per heavy atom. The lowest BCUT2D eigenvalue weighted by molar-refractivity contribution is 0.401. The second-order valence-electron chi connectivity index (χ2n) is 5.10.